The summed E-state index contributed by atoms with van der Waals surface area (Å²) in [6.07, 6.45) is 1.03. The highest BCUT2D eigenvalue weighted by Gasteiger charge is 2.33. The van der Waals surface area contributed by atoms with Gasteiger partial charge in [-0.05, 0) is 25.6 Å². The molecule has 11 heteroatoms. The molecule has 0 radical (unpaired) electrons. The summed E-state index contributed by atoms with van der Waals surface area (Å²) in [7, 11) is 0. The zero-order valence-corrected chi connectivity index (χ0v) is 19.2. The number of halogens is 3. The first-order valence-corrected chi connectivity index (χ1v) is 11.0. The maximum absolute atomic E-state index is 15.5. The zero-order chi connectivity index (χ0) is 24.9. The van der Waals surface area contributed by atoms with Crippen LogP contribution in [0, 0.1) is 18.6 Å². The van der Waals surface area contributed by atoms with E-state index in [1.54, 1.807) is 4.90 Å². The Hall–Kier alpha value is -3.21. The van der Waals surface area contributed by atoms with Crippen LogP contribution in [0.2, 0.25) is 5.02 Å². The van der Waals surface area contributed by atoms with E-state index >= 15 is 4.39 Å². The lowest BCUT2D eigenvalue weighted by Crippen LogP contribution is -2.58. The van der Waals surface area contributed by atoms with Gasteiger partial charge in [-0.2, -0.15) is 0 Å². The van der Waals surface area contributed by atoms with Crippen LogP contribution in [0.5, 0.6) is 0 Å². The number of nitrogen functional groups attached to an aromatic ring is 1. The lowest BCUT2D eigenvalue weighted by Gasteiger charge is -2.42. The summed E-state index contributed by atoms with van der Waals surface area (Å²) in [5, 5.41) is 22.4. The minimum atomic E-state index is -1.53. The van der Waals surface area contributed by atoms with Crippen LogP contribution in [0.15, 0.2) is 23.1 Å². The molecule has 1 aliphatic heterocycles. The number of aliphatic hydroxyl groups is 1. The van der Waals surface area contributed by atoms with E-state index in [9.17, 15) is 24.2 Å². The Morgan fingerprint density at radius 3 is 2.59 bits per heavy atom. The average molecular weight is 493 g/mol. The number of carboxylic acid groups (broad SMARTS) is 1. The normalized spacial score (nSPS) is 14.0. The van der Waals surface area contributed by atoms with Crippen molar-refractivity contribution in [3.63, 3.8) is 0 Å². The molecular weight excluding hydrogens is 470 g/mol. The van der Waals surface area contributed by atoms with Crippen molar-refractivity contribution in [3.8, 4) is 5.69 Å². The number of aliphatic hydroxyl groups excluding tert-OH is 1. The van der Waals surface area contributed by atoms with Gasteiger partial charge in [-0.15, -0.1) is 0 Å². The first kappa shape index (κ1) is 23.9. The Kier molecular flexibility index (Phi) is 6.24. The Morgan fingerprint density at radius 2 is 2.00 bits per heavy atom. The van der Waals surface area contributed by atoms with Crippen LogP contribution in [0.25, 0.3) is 16.6 Å². The number of aromatic carboxylic acids is 1. The molecule has 0 atom stereocenters. The van der Waals surface area contributed by atoms with Crippen molar-refractivity contribution in [2.24, 2.45) is 0 Å². The first-order chi connectivity index (χ1) is 16.1. The average Bonchev–Trinajstić information content (AvgIpc) is 2.76. The quantitative estimate of drug-likeness (QED) is 0.390. The SMILES string of the molecule is CCNC1CN(c2c(F)c(C)c3c(=O)c(C(=O)O)cn(-c4cc(N)c(F)cc4CO)c3c2Cl)C1. The predicted molar refractivity (Wildman–Crippen MR) is 126 cm³/mol. The number of pyridine rings is 1. The van der Waals surface area contributed by atoms with Gasteiger partial charge in [-0.1, -0.05) is 18.5 Å². The van der Waals surface area contributed by atoms with Crippen LogP contribution in [-0.4, -0.2) is 46.4 Å². The lowest BCUT2D eigenvalue weighted by molar-refractivity contribution is 0.0695. The molecule has 0 aliphatic carbocycles. The van der Waals surface area contributed by atoms with Gasteiger partial charge in [0.2, 0.25) is 5.43 Å². The molecular formula is C23H23ClF2N4O4. The number of anilines is 2. The Labute approximate surface area is 198 Å². The van der Waals surface area contributed by atoms with Gasteiger partial charge in [-0.3, -0.25) is 4.79 Å². The third-order valence-electron chi connectivity index (χ3n) is 6.08. The van der Waals surface area contributed by atoms with E-state index in [1.165, 1.54) is 17.6 Å². The number of nitrogens with two attached hydrogens (primary N) is 1. The van der Waals surface area contributed by atoms with Crippen molar-refractivity contribution in [2.75, 3.05) is 30.3 Å². The van der Waals surface area contributed by atoms with E-state index in [1.807, 2.05) is 6.92 Å². The number of rotatable bonds is 6. The standard InChI is InChI=1S/C23H23ClF2N4O4/c1-3-28-12-6-29(7-12)21-18(24)20-17(10(2)19(21)26)22(32)13(23(33)34)8-30(20)16-5-15(27)14(25)4-11(16)9-31/h4-5,8,12,28,31H,3,6-7,9,27H2,1-2H3,(H,33,34). The summed E-state index contributed by atoms with van der Waals surface area (Å²) in [5.41, 5.74) is 4.18. The molecule has 1 saturated heterocycles. The third kappa shape index (κ3) is 3.67. The smallest absolute Gasteiger partial charge is 0.341 e. The topological polar surface area (TPSA) is 121 Å². The lowest BCUT2D eigenvalue weighted by atomic mass is 10.00. The van der Waals surface area contributed by atoms with E-state index in [2.05, 4.69) is 5.32 Å². The molecule has 2 heterocycles. The number of hydrogen-bond acceptors (Lipinski definition) is 6. The fraction of sp³-hybridized carbons (Fsp3) is 0.304. The van der Waals surface area contributed by atoms with Crippen molar-refractivity contribution < 1.29 is 23.8 Å². The van der Waals surface area contributed by atoms with Crippen molar-refractivity contribution in [3.05, 3.63) is 61.9 Å². The molecule has 8 nitrogen and oxygen atoms in total. The summed E-state index contributed by atoms with van der Waals surface area (Å²) < 4.78 is 30.9. The van der Waals surface area contributed by atoms with Crippen LogP contribution in [0.3, 0.4) is 0 Å². The van der Waals surface area contributed by atoms with Gasteiger partial charge in [0.1, 0.15) is 11.4 Å². The van der Waals surface area contributed by atoms with Gasteiger partial charge in [-0.25, -0.2) is 13.6 Å². The molecule has 0 saturated carbocycles. The maximum Gasteiger partial charge on any atom is 0.341 e. The molecule has 180 valence electrons. The zero-order valence-electron chi connectivity index (χ0n) is 18.5. The Balaban J connectivity index is 2.11. The molecule has 2 aromatic carbocycles. The van der Waals surface area contributed by atoms with Crippen LogP contribution in [0.4, 0.5) is 20.2 Å². The van der Waals surface area contributed by atoms with Crippen LogP contribution < -0.4 is 21.4 Å². The predicted octanol–water partition coefficient (Wildman–Crippen LogP) is 2.80. The number of nitrogens with zero attached hydrogens (tertiary/aromatic N) is 2. The number of fused-ring (bicyclic) bond motifs is 1. The second-order valence-electron chi connectivity index (χ2n) is 8.19. The number of likely N-dealkylation sites (N-methyl/N-ethyl adjacent to an activating group) is 1. The molecule has 1 aromatic heterocycles. The minimum Gasteiger partial charge on any atom is -0.477 e. The molecule has 0 bridgehead atoms. The number of benzene rings is 2. The van der Waals surface area contributed by atoms with Crippen LogP contribution >= 0.6 is 11.6 Å². The largest absolute Gasteiger partial charge is 0.477 e. The summed E-state index contributed by atoms with van der Waals surface area (Å²) >= 11 is 6.70. The van der Waals surface area contributed by atoms with Gasteiger partial charge >= 0.3 is 5.97 Å². The molecule has 3 aromatic rings. The number of hydrogen-bond donors (Lipinski definition) is 4. The summed E-state index contributed by atoms with van der Waals surface area (Å²) in [6, 6.07) is 2.36. The summed E-state index contributed by atoms with van der Waals surface area (Å²) in [5.74, 6) is -3.03. The second-order valence-corrected chi connectivity index (χ2v) is 8.57. The van der Waals surface area contributed by atoms with Crippen molar-refractivity contribution in [1.82, 2.24) is 9.88 Å². The number of carbonyl (C=O) groups is 1. The molecule has 5 N–H and O–H groups in total. The second kappa shape index (κ2) is 8.86. The van der Waals surface area contributed by atoms with Gasteiger partial charge < -0.3 is 30.7 Å². The fourth-order valence-electron chi connectivity index (χ4n) is 4.34. The summed E-state index contributed by atoms with van der Waals surface area (Å²) in [6.45, 7) is 4.45. The monoisotopic (exact) mass is 492 g/mol. The molecule has 0 amide bonds. The van der Waals surface area contributed by atoms with Gasteiger partial charge in [0.25, 0.3) is 0 Å². The van der Waals surface area contributed by atoms with Crippen LogP contribution in [-0.2, 0) is 6.61 Å². The van der Waals surface area contributed by atoms with E-state index in [4.69, 9.17) is 17.3 Å². The molecule has 0 spiro atoms. The molecule has 1 fully saturated rings. The van der Waals surface area contributed by atoms with E-state index < -0.39 is 35.2 Å². The van der Waals surface area contributed by atoms with Crippen molar-refractivity contribution >= 4 is 39.8 Å². The van der Waals surface area contributed by atoms with Crippen LogP contribution in [0.1, 0.15) is 28.4 Å². The van der Waals surface area contributed by atoms with Crippen molar-refractivity contribution in [2.45, 2.75) is 26.5 Å². The molecule has 4 rings (SSSR count). The number of nitrogens with one attached hydrogen (secondary N) is 1. The molecule has 0 unspecified atom stereocenters. The number of aromatic nitrogens is 1. The van der Waals surface area contributed by atoms with Crippen molar-refractivity contribution in [1.29, 1.82) is 0 Å². The third-order valence-corrected chi connectivity index (χ3v) is 6.44. The van der Waals surface area contributed by atoms with Gasteiger partial charge in [0, 0.05) is 36.5 Å². The van der Waals surface area contributed by atoms with E-state index in [0.717, 1.165) is 18.8 Å². The molecule has 1 aliphatic rings. The number of carboxylic acids is 1. The minimum absolute atomic E-state index is 0.0400. The Bertz CT molecular complexity index is 1390. The van der Waals surface area contributed by atoms with Gasteiger partial charge in [0.15, 0.2) is 5.82 Å². The fourth-order valence-corrected chi connectivity index (χ4v) is 4.73. The Morgan fingerprint density at radius 1 is 1.32 bits per heavy atom. The molecule has 34 heavy (non-hydrogen) atoms. The van der Waals surface area contributed by atoms with E-state index in [0.29, 0.717) is 13.1 Å². The maximum atomic E-state index is 15.5. The highest BCUT2D eigenvalue weighted by atomic mass is 35.5. The first-order valence-electron chi connectivity index (χ1n) is 10.6. The van der Waals surface area contributed by atoms with E-state index in [-0.39, 0.29) is 50.2 Å². The number of aryl methyl sites for hydroxylation is 1. The highest BCUT2D eigenvalue weighted by molar-refractivity contribution is 6.38. The highest BCUT2D eigenvalue weighted by Crippen LogP contribution is 2.41. The summed E-state index contributed by atoms with van der Waals surface area (Å²) in [4.78, 5) is 26.6. The van der Waals surface area contributed by atoms with Gasteiger partial charge in [0.05, 0.1) is 39.6 Å².